The minimum absolute atomic E-state index is 0.0499. The number of aromatic nitrogens is 1. The Morgan fingerprint density at radius 3 is 2.71 bits per heavy atom. The van der Waals surface area contributed by atoms with E-state index in [-0.39, 0.29) is 11.9 Å². The largest absolute Gasteiger partial charge is 0.487 e. The van der Waals surface area contributed by atoms with Gasteiger partial charge >= 0.3 is 0 Å². The molecule has 0 radical (unpaired) electrons. The van der Waals surface area contributed by atoms with Crippen LogP contribution in [0.15, 0.2) is 53.9 Å². The second-order valence-electron chi connectivity index (χ2n) is 7.82. The molecule has 2 aromatic carbocycles. The van der Waals surface area contributed by atoms with Crippen LogP contribution in [0.3, 0.4) is 0 Å². The van der Waals surface area contributed by atoms with Gasteiger partial charge in [-0.2, -0.15) is 0 Å². The number of aryl methyl sites for hydroxylation is 1. The standard InChI is InChI=1S/C24H26ClN3O2S/c1-17-26-22(16-31-17)15-30-23-4-2-3-19(13-23)24(29)27-21-9-11-28(12-10-21)14-18-5-7-20(25)8-6-18/h2-8,13,16,21H,9-12,14-15H2,1H3,(H,27,29). The summed E-state index contributed by atoms with van der Waals surface area (Å²) in [5.41, 5.74) is 2.79. The first kappa shape index (κ1) is 21.8. The van der Waals surface area contributed by atoms with Crippen molar-refractivity contribution in [2.75, 3.05) is 13.1 Å². The lowest BCUT2D eigenvalue weighted by molar-refractivity contribution is 0.0908. The Balaban J connectivity index is 1.25. The molecule has 0 unspecified atom stereocenters. The molecule has 0 atom stereocenters. The maximum Gasteiger partial charge on any atom is 0.251 e. The van der Waals surface area contributed by atoms with Gasteiger partial charge in [0.2, 0.25) is 0 Å². The first-order valence-corrected chi connectivity index (χ1v) is 11.7. The highest BCUT2D eigenvalue weighted by Gasteiger charge is 2.21. The van der Waals surface area contributed by atoms with E-state index in [2.05, 4.69) is 27.3 Å². The van der Waals surface area contributed by atoms with Gasteiger partial charge in [-0.1, -0.05) is 29.8 Å². The second kappa shape index (κ2) is 10.3. The fraction of sp³-hybridized carbons (Fsp3) is 0.333. The number of nitrogens with zero attached hydrogens (tertiary/aromatic N) is 2. The Kier molecular flexibility index (Phi) is 7.22. The van der Waals surface area contributed by atoms with Crippen LogP contribution in [0.2, 0.25) is 5.02 Å². The Labute approximate surface area is 192 Å². The van der Waals surface area contributed by atoms with E-state index in [9.17, 15) is 4.79 Å². The van der Waals surface area contributed by atoms with E-state index in [0.29, 0.717) is 17.9 Å². The number of likely N-dealkylation sites (tertiary alicyclic amines) is 1. The minimum atomic E-state index is -0.0499. The molecule has 1 saturated heterocycles. The van der Waals surface area contributed by atoms with Gasteiger partial charge < -0.3 is 10.1 Å². The number of ether oxygens (including phenoxy) is 1. The van der Waals surface area contributed by atoms with Crippen LogP contribution in [0, 0.1) is 6.92 Å². The summed E-state index contributed by atoms with van der Waals surface area (Å²) in [7, 11) is 0. The number of halogens is 1. The molecule has 31 heavy (non-hydrogen) atoms. The van der Waals surface area contributed by atoms with Crippen LogP contribution in [0.5, 0.6) is 5.75 Å². The average Bonchev–Trinajstić information content (AvgIpc) is 3.20. The van der Waals surface area contributed by atoms with Gasteiger partial charge in [-0.25, -0.2) is 4.98 Å². The smallest absolute Gasteiger partial charge is 0.251 e. The SMILES string of the molecule is Cc1nc(COc2cccc(C(=O)NC3CCN(Cc4ccc(Cl)cc4)CC3)c2)cs1. The minimum Gasteiger partial charge on any atom is -0.487 e. The summed E-state index contributed by atoms with van der Waals surface area (Å²) in [4.78, 5) is 19.6. The zero-order chi connectivity index (χ0) is 21.6. The highest BCUT2D eigenvalue weighted by Crippen LogP contribution is 2.19. The summed E-state index contributed by atoms with van der Waals surface area (Å²) >= 11 is 7.57. The van der Waals surface area contributed by atoms with E-state index in [1.165, 1.54) is 5.56 Å². The zero-order valence-corrected chi connectivity index (χ0v) is 19.1. The van der Waals surface area contributed by atoms with Crippen molar-refractivity contribution in [3.63, 3.8) is 0 Å². The number of hydrogen-bond acceptors (Lipinski definition) is 5. The van der Waals surface area contributed by atoms with Gasteiger partial charge in [-0.15, -0.1) is 11.3 Å². The first-order chi connectivity index (χ1) is 15.0. The predicted molar refractivity (Wildman–Crippen MR) is 125 cm³/mol. The molecule has 1 amide bonds. The molecule has 1 N–H and O–H groups in total. The third kappa shape index (κ3) is 6.29. The molecular formula is C24H26ClN3O2S. The number of nitrogens with one attached hydrogen (secondary N) is 1. The average molecular weight is 456 g/mol. The highest BCUT2D eigenvalue weighted by molar-refractivity contribution is 7.09. The summed E-state index contributed by atoms with van der Waals surface area (Å²) in [6, 6.07) is 15.5. The van der Waals surface area contributed by atoms with Crippen LogP contribution in [0.25, 0.3) is 0 Å². The van der Waals surface area contributed by atoms with Crippen LogP contribution < -0.4 is 10.1 Å². The van der Waals surface area contributed by atoms with Gasteiger partial charge in [0, 0.05) is 41.6 Å². The molecule has 5 nitrogen and oxygen atoms in total. The molecule has 7 heteroatoms. The van der Waals surface area contributed by atoms with Crippen LogP contribution >= 0.6 is 22.9 Å². The van der Waals surface area contributed by atoms with Gasteiger partial charge in [0.25, 0.3) is 5.91 Å². The van der Waals surface area contributed by atoms with Crippen LogP contribution in [-0.4, -0.2) is 34.9 Å². The van der Waals surface area contributed by atoms with Crippen molar-refractivity contribution in [1.82, 2.24) is 15.2 Å². The lowest BCUT2D eigenvalue weighted by atomic mass is 10.0. The zero-order valence-electron chi connectivity index (χ0n) is 17.5. The van der Waals surface area contributed by atoms with Crippen molar-refractivity contribution in [1.29, 1.82) is 0 Å². The van der Waals surface area contributed by atoms with E-state index in [0.717, 1.165) is 48.2 Å². The number of thiazole rings is 1. The van der Waals surface area contributed by atoms with Crippen molar-refractivity contribution in [2.45, 2.75) is 39.0 Å². The highest BCUT2D eigenvalue weighted by atomic mass is 35.5. The molecule has 1 fully saturated rings. The van der Waals surface area contributed by atoms with Crippen LogP contribution in [-0.2, 0) is 13.2 Å². The maximum atomic E-state index is 12.7. The molecule has 1 aromatic heterocycles. The van der Waals surface area contributed by atoms with Gasteiger partial charge in [0.05, 0.1) is 10.7 Å². The molecular weight excluding hydrogens is 430 g/mol. The molecule has 0 bridgehead atoms. The number of amides is 1. The molecule has 2 heterocycles. The monoisotopic (exact) mass is 455 g/mol. The van der Waals surface area contributed by atoms with Gasteiger partial charge in [0.15, 0.2) is 0 Å². The summed E-state index contributed by atoms with van der Waals surface area (Å²) in [5, 5.41) is 6.95. The lowest BCUT2D eigenvalue weighted by Crippen LogP contribution is -2.44. The maximum absolute atomic E-state index is 12.7. The van der Waals surface area contributed by atoms with Crippen molar-refractivity contribution < 1.29 is 9.53 Å². The van der Waals surface area contributed by atoms with Crippen molar-refractivity contribution in [3.8, 4) is 5.75 Å². The normalized spacial score (nSPS) is 15.0. The number of carbonyl (C=O) groups is 1. The summed E-state index contributed by atoms with van der Waals surface area (Å²) in [5.74, 6) is 0.627. The van der Waals surface area contributed by atoms with E-state index in [1.807, 2.05) is 42.6 Å². The Morgan fingerprint density at radius 2 is 2.00 bits per heavy atom. The van der Waals surface area contributed by atoms with E-state index >= 15 is 0 Å². The molecule has 0 aliphatic carbocycles. The van der Waals surface area contributed by atoms with Crippen LogP contribution in [0.1, 0.15) is 39.5 Å². The topological polar surface area (TPSA) is 54.5 Å². The number of hydrogen-bond donors (Lipinski definition) is 1. The van der Waals surface area contributed by atoms with E-state index < -0.39 is 0 Å². The molecule has 1 aliphatic rings. The van der Waals surface area contributed by atoms with Gasteiger partial charge in [-0.05, 0) is 55.7 Å². The Hall–Kier alpha value is -2.41. The van der Waals surface area contributed by atoms with Crippen LogP contribution in [0.4, 0.5) is 0 Å². The fourth-order valence-corrected chi connectivity index (χ4v) is 4.43. The Morgan fingerprint density at radius 1 is 1.23 bits per heavy atom. The lowest BCUT2D eigenvalue weighted by Gasteiger charge is -2.32. The third-order valence-corrected chi connectivity index (χ3v) is 6.47. The number of carbonyl (C=O) groups excluding carboxylic acids is 1. The molecule has 0 saturated carbocycles. The number of rotatable bonds is 7. The summed E-state index contributed by atoms with van der Waals surface area (Å²) in [6.07, 6.45) is 1.89. The number of piperidine rings is 1. The second-order valence-corrected chi connectivity index (χ2v) is 9.32. The van der Waals surface area contributed by atoms with Crippen molar-refractivity contribution >= 4 is 28.8 Å². The molecule has 0 spiro atoms. The third-order valence-electron chi connectivity index (χ3n) is 5.39. The van der Waals surface area contributed by atoms with Gasteiger partial charge in [0.1, 0.15) is 12.4 Å². The summed E-state index contributed by atoms with van der Waals surface area (Å²) in [6.45, 7) is 5.21. The molecule has 4 rings (SSSR count). The Bertz CT molecular complexity index is 1010. The predicted octanol–water partition coefficient (Wildman–Crippen LogP) is 5.08. The van der Waals surface area contributed by atoms with Gasteiger partial charge in [-0.3, -0.25) is 9.69 Å². The quantitative estimate of drug-likeness (QED) is 0.539. The first-order valence-electron chi connectivity index (χ1n) is 10.5. The van der Waals surface area contributed by atoms with E-state index in [1.54, 1.807) is 17.4 Å². The molecule has 3 aromatic rings. The van der Waals surface area contributed by atoms with E-state index in [4.69, 9.17) is 16.3 Å². The molecule has 1 aliphatic heterocycles. The van der Waals surface area contributed by atoms with Crippen molar-refractivity contribution in [2.24, 2.45) is 0 Å². The van der Waals surface area contributed by atoms with Crippen molar-refractivity contribution in [3.05, 3.63) is 80.8 Å². The summed E-state index contributed by atoms with van der Waals surface area (Å²) < 4.78 is 5.81. The number of benzene rings is 2. The fourth-order valence-electron chi connectivity index (χ4n) is 3.71. The molecule has 162 valence electrons.